The molecule has 2 saturated heterocycles. The predicted molar refractivity (Wildman–Crippen MR) is 100 cm³/mol. The molecule has 0 spiro atoms. The van der Waals surface area contributed by atoms with Crippen LogP contribution in [-0.2, 0) is 17.8 Å². The summed E-state index contributed by atoms with van der Waals surface area (Å²) in [5.41, 5.74) is 0. The molecule has 7 nitrogen and oxygen atoms in total. The molecule has 1 aromatic heterocycles. The molecule has 1 aromatic rings. The van der Waals surface area contributed by atoms with E-state index in [-0.39, 0.29) is 5.91 Å². The van der Waals surface area contributed by atoms with Crippen LogP contribution in [0.15, 0.2) is 0 Å². The van der Waals surface area contributed by atoms with Crippen LogP contribution in [-0.4, -0.2) is 76.3 Å². The first-order valence-electron chi connectivity index (χ1n) is 10.4. The van der Waals surface area contributed by atoms with E-state index in [2.05, 4.69) is 25.0 Å². The number of fused-ring (bicyclic) bond motifs is 1. The smallest absolute Gasteiger partial charge is 0.236 e. The molecular weight excluding hydrogens is 328 g/mol. The lowest BCUT2D eigenvalue weighted by Crippen LogP contribution is -2.42. The van der Waals surface area contributed by atoms with E-state index in [9.17, 15) is 4.79 Å². The quantitative estimate of drug-likeness (QED) is 0.871. The van der Waals surface area contributed by atoms with Crippen molar-refractivity contribution in [1.82, 2.24) is 29.9 Å². The number of hydrogen-bond acceptors (Lipinski definition) is 5. The van der Waals surface area contributed by atoms with Crippen LogP contribution in [0.2, 0.25) is 0 Å². The van der Waals surface area contributed by atoms with Crippen molar-refractivity contribution in [2.45, 2.75) is 57.4 Å². The highest BCUT2D eigenvalue weighted by molar-refractivity contribution is 5.78. The first-order chi connectivity index (χ1) is 12.8. The minimum atomic E-state index is 0.284. The molecule has 7 heteroatoms. The summed E-state index contributed by atoms with van der Waals surface area (Å²) in [4.78, 5) is 17.2. The van der Waals surface area contributed by atoms with Crippen LogP contribution >= 0.6 is 0 Å². The summed E-state index contributed by atoms with van der Waals surface area (Å²) in [5.74, 6) is 2.92. The van der Waals surface area contributed by atoms with Gasteiger partial charge in [-0.2, -0.15) is 0 Å². The Morgan fingerprint density at radius 3 is 2.62 bits per heavy atom. The lowest BCUT2D eigenvalue weighted by Gasteiger charge is -2.26. The highest BCUT2D eigenvalue weighted by Crippen LogP contribution is 2.23. The van der Waals surface area contributed by atoms with Gasteiger partial charge in [-0.05, 0) is 45.3 Å². The molecule has 4 heterocycles. The number of amides is 1. The van der Waals surface area contributed by atoms with E-state index >= 15 is 0 Å². The van der Waals surface area contributed by atoms with Crippen molar-refractivity contribution in [2.75, 3.05) is 45.8 Å². The molecule has 1 atom stereocenters. The molecule has 0 saturated carbocycles. The van der Waals surface area contributed by atoms with Crippen LogP contribution < -0.4 is 5.32 Å². The van der Waals surface area contributed by atoms with Crippen molar-refractivity contribution in [3.05, 3.63) is 11.6 Å². The third-order valence-corrected chi connectivity index (χ3v) is 6.13. The summed E-state index contributed by atoms with van der Waals surface area (Å²) in [7, 11) is 0. The summed E-state index contributed by atoms with van der Waals surface area (Å²) in [6.45, 7) is 7.22. The van der Waals surface area contributed by atoms with Gasteiger partial charge in [0.15, 0.2) is 0 Å². The standard InChI is InChI=1S/C19H32N6O/c26-18(15-23-9-3-1-2-4-10-23)24-11-7-17-21-22-19(25(17)13-12-24)16-6-5-8-20-14-16/h16,20H,1-15H2. The Bertz CT molecular complexity index is 601. The number of likely N-dealkylation sites (tertiary alicyclic amines) is 1. The highest BCUT2D eigenvalue weighted by atomic mass is 16.2. The summed E-state index contributed by atoms with van der Waals surface area (Å²) >= 11 is 0. The Balaban J connectivity index is 1.37. The van der Waals surface area contributed by atoms with Crippen molar-refractivity contribution in [3.8, 4) is 0 Å². The summed E-state index contributed by atoms with van der Waals surface area (Å²) < 4.78 is 2.29. The van der Waals surface area contributed by atoms with Crippen LogP contribution in [0.1, 0.15) is 56.1 Å². The third-order valence-electron chi connectivity index (χ3n) is 6.13. The van der Waals surface area contributed by atoms with E-state index in [1.54, 1.807) is 0 Å². The predicted octanol–water partition coefficient (Wildman–Crippen LogP) is 1.01. The Hall–Kier alpha value is -1.47. The second kappa shape index (κ2) is 8.48. The molecule has 1 amide bonds. The number of nitrogens with zero attached hydrogens (tertiary/aromatic N) is 5. The van der Waals surface area contributed by atoms with Crippen molar-refractivity contribution in [2.24, 2.45) is 0 Å². The lowest BCUT2D eigenvalue weighted by molar-refractivity contribution is -0.132. The number of hydrogen-bond donors (Lipinski definition) is 1. The van der Waals surface area contributed by atoms with Gasteiger partial charge in [-0.25, -0.2) is 0 Å². The van der Waals surface area contributed by atoms with Crippen molar-refractivity contribution in [3.63, 3.8) is 0 Å². The Morgan fingerprint density at radius 1 is 1.00 bits per heavy atom. The van der Waals surface area contributed by atoms with Gasteiger partial charge in [0.25, 0.3) is 0 Å². The van der Waals surface area contributed by atoms with Crippen LogP contribution in [0.25, 0.3) is 0 Å². The van der Waals surface area contributed by atoms with Crippen LogP contribution in [0, 0.1) is 0 Å². The van der Waals surface area contributed by atoms with Gasteiger partial charge in [0, 0.05) is 38.5 Å². The molecule has 4 rings (SSSR count). The minimum Gasteiger partial charge on any atom is -0.339 e. The lowest BCUT2D eigenvalue weighted by atomic mass is 9.99. The molecule has 1 N–H and O–H groups in total. The Labute approximate surface area is 156 Å². The maximum atomic E-state index is 12.8. The number of piperidine rings is 1. The zero-order valence-electron chi connectivity index (χ0n) is 15.8. The largest absolute Gasteiger partial charge is 0.339 e. The number of rotatable bonds is 3. The minimum absolute atomic E-state index is 0.284. The number of carbonyl (C=O) groups excluding carboxylic acids is 1. The molecule has 1 unspecified atom stereocenters. The fraction of sp³-hybridized carbons (Fsp3) is 0.842. The normalized spacial score (nSPS) is 25.4. The van der Waals surface area contributed by atoms with E-state index in [1.807, 2.05) is 4.90 Å². The third kappa shape index (κ3) is 4.09. The van der Waals surface area contributed by atoms with E-state index in [4.69, 9.17) is 0 Å². The molecule has 144 valence electrons. The number of aromatic nitrogens is 3. The van der Waals surface area contributed by atoms with Crippen LogP contribution in [0.3, 0.4) is 0 Å². The average molecular weight is 361 g/mol. The second-order valence-electron chi connectivity index (χ2n) is 7.99. The maximum Gasteiger partial charge on any atom is 0.236 e. The molecule has 3 aliphatic heterocycles. The molecule has 26 heavy (non-hydrogen) atoms. The van der Waals surface area contributed by atoms with Crippen LogP contribution in [0.5, 0.6) is 0 Å². The van der Waals surface area contributed by atoms with Gasteiger partial charge in [0.05, 0.1) is 6.54 Å². The fourth-order valence-electron chi connectivity index (χ4n) is 4.55. The zero-order chi connectivity index (χ0) is 17.8. The molecule has 0 aliphatic carbocycles. The molecule has 0 bridgehead atoms. The molecular formula is C19H32N6O. The van der Waals surface area contributed by atoms with Gasteiger partial charge in [-0.1, -0.05) is 12.8 Å². The monoisotopic (exact) mass is 360 g/mol. The Kier molecular flexibility index (Phi) is 5.84. The van der Waals surface area contributed by atoms with Gasteiger partial charge in [-0.3, -0.25) is 9.69 Å². The maximum absolute atomic E-state index is 12.8. The molecule has 3 aliphatic rings. The molecule has 0 radical (unpaired) electrons. The zero-order valence-corrected chi connectivity index (χ0v) is 15.8. The van der Waals surface area contributed by atoms with Crippen LogP contribution in [0.4, 0.5) is 0 Å². The van der Waals surface area contributed by atoms with Crippen molar-refractivity contribution >= 4 is 5.91 Å². The summed E-state index contributed by atoms with van der Waals surface area (Å²) in [6, 6.07) is 0. The van der Waals surface area contributed by atoms with Gasteiger partial charge >= 0.3 is 0 Å². The highest BCUT2D eigenvalue weighted by Gasteiger charge is 2.27. The number of carbonyl (C=O) groups is 1. The number of nitrogens with one attached hydrogen (secondary N) is 1. The summed E-state index contributed by atoms with van der Waals surface area (Å²) in [5, 5.41) is 12.4. The topological polar surface area (TPSA) is 66.3 Å². The first kappa shape index (κ1) is 17.9. The SMILES string of the molecule is O=C(CN1CCCCCC1)N1CCc2nnc(C3CCCNC3)n2CC1. The van der Waals surface area contributed by atoms with Crippen molar-refractivity contribution in [1.29, 1.82) is 0 Å². The van der Waals surface area contributed by atoms with Gasteiger partial charge in [-0.15, -0.1) is 10.2 Å². The fourth-order valence-corrected chi connectivity index (χ4v) is 4.55. The van der Waals surface area contributed by atoms with E-state index in [1.165, 1.54) is 38.5 Å². The van der Waals surface area contributed by atoms with E-state index < -0.39 is 0 Å². The second-order valence-corrected chi connectivity index (χ2v) is 7.99. The van der Waals surface area contributed by atoms with Crippen molar-refractivity contribution < 1.29 is 4.79 Å². The first-order valence-corrected chi connectivity index (χ1v) is 10.4. The molecule has 0 aromatic carbocycles. The summed E-state index contributed by atoms with van der Waals surface area (Å²) in [6.07, 6.45) is 8.28. The van der Waals surface area contributed by atoms with E-state index in [0.29, 0.717) is 12.5 Å². The molecule has 2 fully saturated rings. The van der Waals surface area contributed by atoms with E-state index in [0.717, 1.165) is 63.9 Å². The van der Waals surface area contributed by atoms with Gasteiger partial charge < -0.3 is 14.8 Å². The Morgan fingerprint density at radius 2 is 1.85 bits per heavy atom. The van der Waals surface area contributed by atoms with Gasteiger partial charge in [0.1, 0.15) is 11.6 Å². The average Bonchev–Trinajstić information content (AvgIpc) is 2.83. The van der Waals surface area contributed by atoms with Gasteiger partial charge in [0.2, 0.25) is 5.91 Å².